The van der Waals surface area contributed by atoms with Crippen LogP contribution >= 0.6 is 15.9 Å². The summed E-state index contributed by atoms with van der Waals surface area (Å²) in [4.78, 5) is 0. The Bertz CT molecular complexity index is 256. The molecule has 0 aliphatic rings. The lowest BCUT2D eigenvalue weighted by atomic mass is 10.1. The number of rotatable bonds is 5. The van der Waals surface area contributed by atoms with Crippen LogP contribution in [0.4, 0.5) is 0 Å². The number of benzene rings is 1. The standard InChI is InChI=1S/C12H18BrN/c1-3-4-9-14-10(2)11-5-7-12(13)8-6-11/h5-8,10,14H,3-4,9H2,1-2H3/t10-/m1/s1. The molecule has 0 aromatic heterocycles. The van der Waals surface area contributed by atoms with E-state index in [4.69, 9.17) is 0 Å². The van der Waals surface area contributed by atoms with Gasteiger partial charge in [-0.3, -0.25) is 0 Å². The first-order chi connectivity index (χ1) is 6.74. The minimum atomic E-state index is 0.453. The molecule has 0 fully saturated rings. The summed E-state index contributed by atoms with van der Waals surface area (Å²) in [6.45, 7) is 5.53. The Kier molecular flexibility index (Phi) is 5.20. The van der Waals surface area contributed by atoms with Gasteiger partial charge in [-0.15, -0.1) is 0 Å². The molecule has 78 valence electrons. The van der Waals surface area contributed by atoms with Crippen LogP contribution in [0.15, 0.2) is 28.7 Å². The Hall–Kier alpha value is -0.340. The molecule has 1 aromatic rings. The fourth-order valence-corrected chi connectivity index (χ4v) is 1.63. The number of hydrogen-bond donors (Lipinski definition) is 1. The highest BCUT2D eigenvalue weighted by molar-refractivity contribution is 9.10. The van der Waals surface area contributed by atoms with E-state index in [1.54, 1.807) is 0 Å². The van der Waals surface area contributed by atoms with Crippen molar-refractivity contribution in [2.75, 3.05) is 6.54 Å². The van der Waals surface area contributed by atoms with E-state index in [1.165, 1.54) is 18.4 Å². The maximum atomic E-state index is 3.50. The summed E-state index contributed by atoms with van der Waals surface area (Å²) in [5.41, 5.74) is 1.35. The van der Waals surface area contributed by atoms with Gasteiger partial charge in [0, 0.05) is 10.5 Å². The Balaban J connectivity index is 2.43. The SMILES string of the molecule is CCCCN[C@H](C)c1ccc(Br)cc1. The lowest BCUT2D eigenvalue weighted by molar-refractivity contribution is 0.554. The summed E-state index contributed by atoms with van der Waals surface area (Å²) < 4.78 is 1.14. The van der Waals surface area contributed by atoms with E-state index in [0.717, 1.165) is 11.0 Å². The molecule has 0 saturated carbocycles. The zero-order chi connectivity index (χ0) is 10.4. The van der Waals surface area contributed by atoms with Crippen LogP contribution in [0.3, 0.4) is 0 Å². The Morgan fingerprint density at radius 2 is 1.93 bits per heavy atom. The van der Waals surface area contributed by atoms with E-state index in [0.29, 0.717) is 6.04 Å². The third-order valence-electron chi connectivity index (χ3n) is 2.35. The highest BCUT2D eigenvalue weighted by atomic mass is 79.9. The van der Waals surface area contributed by atoms with Crippen molar-refractivity contribution in [3.8, 4) is 0 Å². The van der Waals surface area contributed by atoms with E-state index < -0.39 is 0 Å². The van der Waals surface area contributed by atoms with Crippen molar-refractivity contribution >= 4 is 15.9 Å². The molecule has 0 aliphatic heterocycles. The molecule has 0 heterocycles. The van der Waals surface area contributed by atoms with Crippen molar-refractivity contribution < 1.29 is 0 Å². The normalized spacial score (nSPS) is 12.8. The van der Waals surface area contributed by atoms with Crippen molar-refractivity contribution in [3.63, 3.8) is 0 Å². The molecule has 0 bridgehead atoms. The summed E-state index contributed by atoms with van der Waals surface area (Å²) in [7, 11) is 0. The van der Waals surface area contributed by atoms with Gasteiger partial charge in [-0.2, -0.15) is 0 Å². The second-order valence-corrected chi connectivity index (χ2v) is 4.50. The van der Waals surface area contributed by atoms with Gasteiger partial charge in [0.25, 0.3) is 0 Å². The van der Waals surface area contributed by atoms with Crippen LogP contribution in [0.1, 0.15) is 38.3 Å². The van der Waals surface area contributed by atoms with E-state index in [2.05, 4.69) is 59.4 Å². The topological polar surface area (TPSA) is 12.0 Å². The average molecular weight is 256 g/mol. The monoisotopic (exact) mass is 255 g/mol. The van der Waals surface area contributed by atoms with Crippen LogP contribution in [0.2, 0.25) is 0 Å². The minimum Gasteiger partial charge on any atom is -0.310 e. The van der Waals surface area contributed by atoms with Crippen LogP contribution in [0, 0.1) is 0 Å². The molecule has 0 saturated heterocycles. The largest absolute Gasteiger partial charge is 0.310 e. The predicted octanol–water partition coefficient (Wildman–Crippen LogP) is 3.90. The van der Waals surface area contributed by atoms with Gasteiger partial charge in [-0.1, -0.05) is 41.4 Å². The van der Waals surface area contributed by atoms with Gasteiger partial charge < -0.3 is 5.32 Å². The summed E-state index contributed by atoms with van der Waals surface area (Å²) in [5, 5.41) is 3.50. The first-order valence-corrected chi connectivity index (χ1v) is 6.02. The quantitative estimate of drug-likeness (QED) is 0.788. The molecule has 0 spiro atoms. The smallest absolute Gasteiger partial charge is 0.0291 e. The second-order valence-electron chi connectivity index (χ2n) is 3.58. The summed E-state index contributed by atoms with van der Waals surface area (Å²) >= 11 is 3.44. The van der Waals surface area contributed by atoms with Crippen molar-refractivity contribution in [1.29, 1.82) is 0 Å². The predicted molar refractivity (Wildman–Crippen MR) is 65.5 cm³/mol. The van der Waals surface area contributed by atoms with Gasteiger partial charge in [0.1, 0.15) is 0 Å². The third kappa shape index (κ3) is 3.81. The fraction of sp³-hybridized carbons (Fsp3) is 0.500. The number of hydrogen-bond acceptors (Lipinski definition) is 1. The van der Waals surface area contributed by atoms with Gasteiger partial charge >= 0.3 is 0 Å². The second kappa shape index (κ2) is 6.20. The summed E-state index contributed by atoms with van der Waals surface area (Å²) in [5.74, 6) is 0. The van der Waals surface area contributed by atoms with E-state index in [9.17, 15) is 0 Å². The molecular weight excluding hydrogens is 238 g/mol. The van der Waals surface area contributed by atoms with Crippen LogP contribution in [-0.4, -0.2) is 6.54 Å². The molecule has 0 radical (unpaired) electrons. The fourth-order valence-electron chi connectivity index (χ4n) is 1.36. The average Bonchev–Trinajstić information content (AvgIpc) is 2.19. The van der Waals surface area contributed by atoms with Crippen molar-refractivity contribution in [2.24, 2.45) is 0 Å². The van der Waals surface area contributed by atoms with Crippen molar-refractivity contribution in [3.05, 3.63) is 34.3 Å². The molecule has 14 heavy (non-hydrogen) atoms. The van der Waals surface area contributed by atoms with E-state index in [-0.39, 0.29) is 0 Å². The van der Waals surface area contributed by atoms with Gasteiger partial charge in [0.2, 0.25) is 0 Å². The number of halogens is 1. The number of nitrogens with one attached hydrogen (secondary N) is 1. The van der Waals surface area contributed by atoms with Crippen LogP contribution < -0.4 is 5.32 Å². The van der Waals surface area contributed by atoms with Crippen molar-refractivity contribution in [1.82, 2.24) is 5.32 Å². The number of unbranched alkanes of at least 4 members (excludes halogenated alkanes) is 1. The highest BCUT2D eigenvalue weighted by Crippen LogP contribution is 2.16. The van der Waals surface area contributed by atoms with E-state index in [1.807, 2.05) is 0 Å². The highest BCUT2D eigenvalue weighted by Gasteiger charge is 2.02. The molecule has 1 N–H and O–H groups in total. The lowest BCUT2D eigenvalue weighted by Gasteiger charge is -2.13. The van der Waals surface area contributed by atoms with Crippen molar-refractivity contribution in [2.45, 2.75) is 32.7 Å². The maximum Gasteiger partial charge on any atom is 0.0291 e. The van der Waals surface area contributed by atoms with Gasteiger partial charge in [-0.05, 0) is 37.6 Å². The van der Waals surface area contributed by atoms with Crippen LogP contribution in [0.25, 0.3) is 0 Å². The molecule has 1 atom stereocenters. The maximum absolute atomic E-state index is 3.50. The molecule has 1 aromatic carbocycles. The van der Waals surface area contributed by atoms with Gasteiger partial charge in [0.15, 0.2) is 0 Å². The zero-order valence-corrected chi connectivity index (χ0v) is 10.5. The van der Waals surface area contributed by atoms with E-state index >= 15 is 0 Å². The summed E-state index contributed by atoms with van der Waals surface area (Å²) in [6, 6.07) is 8.96. The molecule has 1 rings (SSSR count). The summed E-state index contributed by atoms with van der Waals surface area (Å²) in [6.07, 6.45) is 2.50. The van der Waals surface area contributed by atoms with Crippen LogP contribution in [-0.2, 0) is 0 Å². The molecule has 2 heteroatoms. The zero-order valence-electron chi connectivity index (χ0n) is 8.89. The Morgan fingerprint density at radius 1 is 1.29 bits per heavy atom. The van der Waals surface area contributed by atoms with Gasteiger partial charge in [0.05, 0.1) is 0 Å². The van der Waals surface area contributed by atoms with Gasteiger partial charge in [-0.25, -0.2) is 0 Å². The molecule has 0 unspecified atom stereocenters. The molecule has 1 nitrogen and oxygen atoms in total. The molecular formula is C12H18BrN. The van der Waals surface area contributed by atoms with Crippen LogP contribution in [0.5, 0.6) is 0 Å². The first kappa shape index (κ1) is 11.7. The minimum absolute atomic E-state index is 0.453. The lowest BCUT2D eigenvalue weighted by Crippen LogP contribution is -2.19. The Labute approximate surface area is 95.0 Å². The Morgan fingerprint density at radius 3 is 2.50 bits per heavy atom. The molecule has 0 amide bonds. The molecule has 0 aliphatic carbocycles. The first-order valence-electron chi connectivity index (χ1n) is 5.23. The third-order valence-corrected chi connectivity index (χ3v) is 2.88.